The van der Waals surface area contributed by atoms with Gasteiger partial charge in [0.1, 0.15) is 5.82 Å². The quantitative estimate of drug-likeness (QED) is 0.858. The zero-order valence-electron chi connectivity index (χ0n) is 9.13. The molecule has 0 unspecified atom stereocenters. The van der Waals surface area contributed by atoms with Crippen molar-refractivity contribution in [1.82, 2.24) is 9.97 Å². The van der Waals surface area contributed by atoms with E-state index in [1.807, 2.05) is 36.4 Å². The Bertz CT molecular complexity index is 387. The Morgan fingerprint density at radius 3 is 2.73 bits per heavy atom. The smallest absolute Gasteiger partial charge is 0.264 e. The minimum atomic E-state index is -0.0552. The molecule has 0 fully saturated rings. The van der Waals surface area contributed by atoms with Gasteiger partial charge in [0.05, 0.1) is 15.9 Å². The third-order valence-corrected chi connectivity index (χ3v) is 3.07. The summed E-state index contributed by atoms with van der Waals surface area (Å²) in [5.41, 5.74) is 0.811. The van der Waals surface area contributed by atoms with E-state index in [0.29, 0.717) is 22.4 Å². The van der Waals surface area contributed by atoms with Crippen LogP contribution in [-0.4, -0.2) is 23.7 Å². The molecule has 84 valence electrons. The second-order valence-electron chi connectivity index (χ2n) is 3.61. The molecule has 0 atom stereocenters. The number of ether oxygens (including phenoxy) is 1. The van der Waals surface area contributed by atoms with Crippen LogP contribution in [0.3, 0.4) is 0 Å². The molecule has 4 nitrogen and oxygen atoms in total. The molecule has 0 radical (unpaired) electrons. The molecule has 0 bridgehead atoms. The molecule has 0 aromatic carbocycles. The van der Waals surface area contributed by atoms with E-state index in [-0.39, 0.29) is 11.5 Å². The number of hydrogen-bond acceptors (Lipinski definition) is 3. The number of nitrogens with one attached hydrogen (secondary N) is 1. The van der Waals surface area contributed by atoms with Crippen molar-refractivity contribution >= 4 is 22.6 Å². The highest BCUT2D eigenvalue weighted by atomic mass is 127. The number of halogens is 1. The fourth-order valence-corrected chi connectivity index (χ4v) is 2.10. The lowest BCUT2D eigenvalue weighted by Gasteiger charge is -2.08. The second kappa shape index (κ2) is 5.60. The zero-order valence-corrected chi connectivity index (χ0v) is 11.3. The Kier molecular flexibility index (Phi) is 4.72. The number of rotatable bonds is 4. The normalized spacial score (nSPS) is 11.0. The van der Waals surface area contributed by atoms with Crippen LogP contribution in [0.2, 0.25) is 0 Å². The average Bonchev–Trinajstić information content (AvgIpc) is 2.19. The third kappa shape index (κ3) is 3.27. The van der Waals surface area contributed by atoms with Crippen molar-refractivity contribution in [3.8, 4) is 0 Å². The Hall–Kier alpha value is -0.430. The van der Waals surface area contributed by atoms with Crippen molar-refractivity contribution in [3.63, 3.8) is 0 Å². The van der Waals surface area contributed by atoms with Gasteiger partial charge in [0.25, 0.3) is 5.56 Å². The predicted molar refractivity (Wildman–Crippen MR) is 67.2 cm³/mol. The van der Waals surface area contributed by atoms with Crippen LogP contribution in [0.5, 0.6) is 0 Å². The van der Waals surface area contributed by atoms with Crippen molar-refractivity contribution < 1.29 is 4.74 Å². The standard InChI is InChI=1S/C10H15IN2O2/c1-6(2)9-8(11)10(14)13-7(12-9)4-5-15-3/h6H,4-5H2,1-3H3,(H,12,13,14). The molecule has 0 amide bonds. The van der Waals surface area contributed by atoms with Gasteiger partial charge in [-0.05, 0) is 28.5 Å². The van der Waals surface area contributed by atoms with E-state index in [1.165, 1.54) is 0 Å². The molecule has 1 rings (SSSR count). The molecule has 1 heterocycles. The van der Waals surface area contributed by atoms with Crippen LogP contribution >= 0.6 is 22.6 Å². The van der Waals surface area contributed by atoms with E-state index in [4.69, 9.17) is 4.74 Å². The van der Waals surface area contributed by atoms with E-state index in [9.17, 15) is 4.79 Å². The molecule has 0 saturated heterocycles. The highest BCUT2D eigenvalue weighted by molar-refractivity contribution is 14.1. The SMILES string of the molecule is COCCc1nc(C(C)C)c(I)c(=O)[nH]1. The molecule has 15 heavy (non-hydrogen) atoms. The summed E-state index contributed by atoms with van der Waals surface area (Å²) in [6.07, 6.45) is 0.641. The molecule has 0 saturated carbocycles. The lowest BCUT2D eigenvalue weighted by Crippen LogP contribution is -2.19. The van der Waals surface area contributed by atoms with Crippen LogP contribution in [-0.2, 0) is 11.2 Å². The van der Waals surface area contributed by atoms with Gasteiger partial charge in [-0.1, -0.05) is 13.8 Å². The number of H-pyrrole nitrogens is 1. The summed E-state index contributed by atoms with van der Waals surface area (Å²) in [6, 6.07) is 0. The summed E-state index contributed by atoms with van der Waals surface area (Å²) in [7, 11) is 1.63. The van der Waals surface area contributed by atoms with Gasteiger partial charge in [-0.25, -0.2) is 4.98 Å². The predicted octanol–water partition coefficient (Wildman–Crippen LogP) is 1.69. The molecule has 1 N–H and O–H groups in total. The molecule has 0 aliphatic heterocycles. The first kappa shape index (κ1) is 12.6. The third-order valence-electron chi connectivity index (χ3n) is 2.03. The van der Waals surface area contributed by atoms with Gasteiger partial charge in [-0.2, -0.15) is 0 Å². The highest BCUT2D eigenvalue weighted by Crippen LogP contribution is 2.15. The van der Waals surface area contributed by atoms with Crippen LogP contribution < -0.4 is 5.56 Å². The summed E-state index contributed by atoms with van der Waals surface area (Å²) in [6.45, 7) is 4.63. The minimum absolute atomic E-state index is 0.0552. The Balaban J connectivity index is 3.06. The van der Waals surface area contributed by atoms with Crippen molar-refractivity contribution in [2.45, 2.75) is 26.2 Å². The molecular weight excluding hydrogens is 307 g/mol. The van der Waals surface area contributed by atoms with Gasteiger partial charge >= 0.3 is 0 Å². The summed E-state index contributed by atoms with van der Waals surface area (Å²) >= 11 is 2.04. The maximum absolute atomic E-state index is 11.6. The van der Waals surface area contributed by atoms with E-state index in [1.54, 1.807) is 7.11 Å². The van der Waals surface area contributed by atoms with E-state index in [2.05, 4.69) is 9.97 Å². The number of nitrogens with zero attached hydrogens (tertiary/aromatic N) is 1. The van der Waals surface area contributed by atoms with Crippen LogP contribution in [0.15, 0.2) is 4.79 Å². The van der Waals surface area contributed by atoms with Gasteiger partial charge in [-0.15, -0.1) is 0 Å². The van der Waals surface area contributed by atoms with Gasteiger partial charge in [-0.3, -0.25) is 4.79 Å². The maximum Gasteiger partial charge on any atom is 0.264 e. The summed E-state index contributed by atoms with van der Waals surface area (Å²) in [5.74, 6) is 0.964. The minimum Gasteiger partial charge on any atom is -0.384 e. The van der Waals surface area contributed by atoms with E-state index < -0.39 is 0 Å². The van der Waals surface area contributed by atoms with Crippen LogP contribution in [0.4, 0.5) is 0 Å². The first-order valence-corrected chi connectivity index (χ1v) is 5.91. The fourth-order valence-electron chi connectivity index (χ4n) is 1.22. The van der Waals surface area contributed by atoms with Crippen molar-refractivity contribution in [2.24, 2.45) is 0 Å². The Labute approximate surface area is 103 Å². The molecule has 5 heteroatoms. The number of aromatic nitrogens is 2. The van der Waals surface area contributed by atoms with Gasteiger partial charge in [0.2, 0.25) is 0 Å². The second-order valence-corrected chi connectivity index (χ2v) is 4.69. The van der Waals surface area contributed by atoms with Crippen LogP contribution in [0.1, 0.15) is 31.3 Å². The zero-order chi connectivity index (χ0) is 11.4. The largest absolute Gasteiger partial charge is 0.384 e. The molecule has 1 aromatic heterocycles. The molecule has 1 aromatic rings. The highest BCUT2D eigenvalue weighted by Gasteiger charge is 2.11. The molecule has 0 spiro atoms. The average molecular weight is 322 g/mol. The Morgan fingerprint density at radius 2 is 2.20 bits per heavy atom. The van der Waals surface area contributed by atoms with Gasteiger partial charge in [0, 0.05) is 13.5 Å². The Morgan fingerprint density at radius 1 is 1.53 bits per heavy atom. The van der Waals surface area contributed by atoms with Crippen molar-refractivity contribution in [1.29, 1.82) is 0 Å². The maximum atomic E-state index is 11.6. The van der Waals surface area contributed by atoms with E-state index in [0.717, 1.165) is 5.69 Å². The topological polar surface area (TPSA) is 55.0 Å². The number of methoxy groups -OCH3 is 1. The first-order valence-electron chi connectivity index (χ1n) is 4.83. The van der Waals surface area contributed by atoms with Crippen molar-refractivity contribution in [2.75, 3.05) is 13.7 Å². The van der Waals surface area contributed by atoms with Crippen LogP contribution in [0.25, 0.3) is 0 Å². The summed E-state index contributed by atoms with van der Waals surface area (Å²) in [4.78, 5) is 18.8. The molecule has 0 aliphatic carbocycles. The monoisotopic (exact) mass is 322 g/mol. The first-order chi connectivity index (χ1) is 7.06. The lowest BCUT2D eigenvalue weighted by atomic mass is 10.1. The fraction of sp³-hybridized carbons (Fsp3) is 0.600. The van der Waals surface area contributed by atoms with Crippen LogP contribution in [0, 0.1) is 3.57 Å². The number of aromatic amines is 1. The van der Waals surface area contributed by atoms with E-state index >= 15 is 0 Å². The van der Waals surface area contributed by atoms with Crippen molar-refractivity contribution in [3.05, 3.63) is 25.4 Å². The molecular formula is C10H15IN2O2. The summed E-state index contributed by atoms with van der Waals surface area (Å²) < 4.78 is 5.64. The van der Waals surface area contributed by atoms with Gasteiger partial charge in [0.15, 0.2) is 0 Å². The van der Waals surface area contributed by atoms with Gasteiger partial charge < -0.3 is 9.72 Å². The number of hydrogen-bond donors (Lipinski definition) is 1. The molecule has 0 aliphatic rings. The lowest BCUT2D eigenvalue weighted by molar-refractivity contribution is 0.200. The summed E-state index contributed by atoms with van der Waals surface area (Å²) in [5, 5.41) is 0.